The van der Waals surface area contributed by atoms with Gasteiger partial charge in [-0.2, -0.15) is 18.3 Å². The number of halogens is 3. The van der Waals surface area contributed by atoms with Gasteiger partial charge in [-0.25, -0.2) is 4.99 Å². The maximum atomic E-state index is 12.7. The maximum absolute atomic E-state index is 12.7. The Hall–Kier alpha value is -1.73. The highest BCUT2D eigenvalue weighted by Gasteiger charge is 2.36. The van der Waals surface area contributed by atoms with Crippen LogP contribution in [0.15, 0.2) is 11.2 Å². The van der Waals surface area contributed by atoms with Crippen LogP contribution in [-0.4, -0.2) is 21.8 Å². The van der Waals surface area contributed by atoms with Gasteiger partial charge in [0.25, 0.3) is 0 Å². The van der Waals surface area contributed by atoms with Gasteiger partial charge in [0.05, 0.1) is 6.54 Å². The van der Waals surface area contributed by atoms with Gasteiger partial charge in [-0.1, -0.05) is 12.8 Å². The third-order valence-electron chi connectivity index (χ3n) is 3.30. The Bertz CT molecular complexity index is 486. The molecule has 0 aromatic carbocycles. The fourth-order valence-corrected chi connectivity index (χ4v) is 2.39. The zero-order valence-corrected chi connectivity index (χ0v) is 11.2. The van der Waals surface area contributed by atoms with Crippen LogP contribution in [-0.2, 0) is 19.8 Å². The molecule has 1 aromatic rings. The van der Waals surface area contributed by atoms with Crippen molar-refractivity contribution in [2.24, 2.45) is 17.8 Å². The summed E-state index contributed by atoms with van der Waals surface area (Å²) < 4.78 is 39.4. The van der Waals surface area contributed by atoms with Crippen LogP contribution >= 0.6 is 0 Å². The lowest BCUT2D eigenvalue weighted by Crippen LogP contribution is -2.38. The van der Waals surface area contributed by atoms with E-state index in [1.807, 2.05) is 0 Å². The van der Waals surface area contributed by atoms with Gasteiger partial charge in [0.15, 0.2) is 11.7 Å². The minimum atomic E-state index is -4.47. The summed E-state index contributed by atoms with van der Waals surface area (Å²) in [6.07, 6.45) is 1.18. The van der Waals surface area contributed by atoms with Crippen LogP contribution < -0.4 is 11.1 Å². The number of aromatic nitrogens is 2. The molecule has 2 rings (SSSR count). The summed E-state index contributed by atoms with van der Waals surface area (Å²) in [5.41, 5.74) is 4.82. The van der Waals surface area contributed by atoms with Crippen molar-refractivity contribution in [2.75, 3.05) is 0 Å². The first-order valence-electron chi connectivity index (χ1n) is 6.52. The van der Waals surface area contributed by atoms with E-state index in [0.29, 0.717) is 0 Å². The van der Waals surface area contributed by atoms with E-state index in [0.717, 1.165) is 30.4 Å². The quantitative estimate of drug-likeness (QED) is 0.658. The second-order valence-electron chi connectivity index (χ2n) is 5.00. The molecule has 0 unspecified atom stereocenters. The molecule has 0 bridgehead atoms. The van der Waals surface area contributed by atoms with Gasteiger partial charge in [-0.3, -0.25) is 4.68 Å². The molecule has 0 amide bonds. The number of guanidine groups is 1. The van der Waals surface area contributed by atoms with Gasteiger partial charge in [0, 0.05) is 24.8 Å². The van der Waals surface area contributed by atoms with E-state index in [1.54, 1.807) is 0 Å². The van der Waals surface area contributed by atoms with Crippen molar-refractivity contribution in [1.29, 1.82) is 0 Å². The molecular formula is C12H18F3N5. The molecule has 1 aliphatic carbocycles. The van der Waals surface area contributed by atoms with Crippen LogP contribution in [0.3, 0.4) is 0 Å². The lowest BCUT2D eigenvalue weighted by atomic mass is 10.2. The number of nitrogens with one attached hydrogen (secondary N) is 1. The lowest BCUT2D eigenvalue weighted by molar-refractivity contribution is -0.142. The van der Waals surface area contributed by atoms with Crippen molar-refractivity contribution in [3.63, 3.8) is 0 Å². The van der Waals surface area contributed by atoms with Gasteiger partial charge in [-0.15, -0.1) is 0 Å². The van der Waals surface area contributed by atoms with E-state index in [2.05, 4.69) is 15.4 Å². The SMILES string of the molecule is Cn1cc(CN=C(N)NC2CCCC2)c(C(F)(F)F)n1. The summed E-state index contributed by atoms with van der Waals surface area (Å²) in [6, 6.07) is 0.287. The number of aliphatic imine (C=N–C) groups is 1. The summed E-state index contributed by atoms with van der Waals surface area (Å²) in [4.78, 5) is 3.98. The monoisotopic (exact) mass is 289 g/mol. The highest BCUT2D eigenvalue weighted by molar-refractivity contribution is 5.78. The molecule has 1 fully saturated rings. The molecule has 1 saturated carbocycles. The van der Waals surface area contributed by atoms with E-state index >= 15 is 0 Å². The van der Waals surface area contributed by atoms with Crippen molar-refractivity contribution >= 4 is 5.96 Å². The van der Waals surface area contributed by atoms with Crippen molar-refractivity contribution < 1.29 is 13.2 Å². The molecule has 1 aliphatic rings. The molecule has 112 valence electrons. The van der Waals surface area contributed by atoms with Gasteiger partial charge in [0.2, 0.25) is 0 Å². The third-order valence-corrected chi connectivity index (χ3v) is 3.30. The molecular weight excluding hydrogens is 271 g/mol. The van der Waals surface area contributed by atoms with E-state index in [4.69, 9.17) is 5.73 Å². The molecule has 8 heteroatoms. The summed E-state index contributed by atoms with van der Waals surface area (Å²) in [5.74, 6) is 0.189. The Kier molecular flexibility index (Phi) is 4.20. The average molecular weight is 289 g/mol. The highest BCUT2D eigenvalue weighted by atomic mass is 19.4. The minimum absolute atomic E-state index is 0.0242. The molecule has 1 heterocycles. The van der Waals surface area contributed by atoms with E-state index in [1.165, 1.54) is 13.2 Å². The number of alkyl halides is 3. The maximum Gasteiger partial charge on any atom is 0.435 e. The Balaban J connectivity index is 2.02. The molecule has 1 aromatic heterocycles. The Labute approximate surface area is 115 Å². The first-order chi connectivity index (χ1) is 9.36. The normalized spacial score (nSPS) is 17.7. The zero-order chi connectivity index (χ0) is 14.8. The molecule has 0 saturated heterocycles. The Morgan fingerprint density at radius 2 is 2.15 bits per heavy atom. The van der Waals surface area contributed by atoms with Crippen molar-refractivity contribution in [2.45, 2.75) is 44.4 Å². The summed E-state index contributed by atoms with van der Waals surface area (Å²) in [7, 11) is 1.45. The molecule has 5 nitrogen and oxygen atoms in total. The molecule has 0 atom stereocenters. The zero-order valence-electron chi connectivity index (χ0n) is 11.2. The topological polar surface area (TPSA) is 68.2 Å². The molecule has 0 aliphatic heterocycles. The van der Waals surface area contributed by atoms with Crippen LogP contribution in [0.4, 0.5) is 13.2 Å². The fourth-order valence-electron chi connectivity index (χ4n) is 2.39. The van der Waals surface area contributed by atoms with Gasteiger partial charge in [-0.05, 0) is 12.8 Å². The second-order valence-corrected chi connectivity index (χ2v) is 5.00. The summed E-state index contributed by atoms with van der Waals surface area (Å²) >= 11 is 0. The van der Waals surface area contributed by atoms with Crippen LogP contribution in [0.1, 0.15) is 36.9 Å². The van der Waals surface area contributed by atoms with Crippen LogP contribution in [0.2, 0.25) is 0 Å². The van der Waals surface area contributed by atoms with Crippen molar-refractivity contribution in [1.82, 2.24) is 15.1 Å². The molecule has 0 radical (unpaired) electrons. The van der Waals surface area contributed by atoms with Crippen molar-refractivity contribution in [3.8, 4) is 0 Å². The largest absolute Gasteiger partial charge is 0.435 e. The smallest absolute Gasteiger partial charge is 0.370 e. The highest BCUT2D eigenvalue weighted by Crippen LogP contribution is 2.30. The summed E-state index contributed by atoms with van der Waals surface area (Å²) in [5, 5.41) is 6.46. The Morgan fingerprint density at radius 3 is 2.75 bits per heavy atom. The second kappa shape index (κ2) is 5.72. The molecule has 3 N–H and O–H groups in total. The minimum Gasteiger partial charge on any atom is -0.370 e. The number of aryl methyl sites for hydroxylation is 1. The predicted octanol–water partition coefficient (Wildman–Crippen LogP) is 1.79. The average Bonchev–Trinajstić information content (AvgIpc) is 2.95. The van der Waals surface area contributed by atoms with E-state index < -0.39 is 11.9 Å². The fraction of sp³-hybridized carbons (Fsp3) is 0.667. The number of nitrogens with two attached hydrogens (primary N) is 1. The molecule has 0 spiro atoms. The Morgan fingerprint density at radius 1 is 1.50 bits per heavy atom. The van der Waals surface area contributed by atoms with Crippen LogP contribution in [0.25, 0.3) is 0 Å². The van der Waals surface area contributed by atoms with Gasteiger partial charge >= 0.3 is 6.18 Å². The lowest BCUT2D eigenvalue weighted by Gasteiger charge is -2.12. The van der Waals surface area contributed by atoms with Gasteiger partial charge in [0.1, 0.15) is 0 Å². The van der Waals surface area contributed by atoms with E-state index in [-0.39, 0.29) is 24.1 Å². The number of rotatable bonds is 3. The standard InChI is InChI=1S/C12H18F3N5/c1-20-7-8(10(19-20)12(13,14)15)6-17-11(16)18-9-4-2-3-5-9/h7,9H,2-6H2,1H3,(H3,16,17,18). The third kappa shape index (κ3) is 3.64. The van der Waals surface area contributed by atoms with Crippen LogP contribution in [0.5, 0.6) is 0 Å². The number of hydrogen-bond donors (Lipinski definition) is 2. The first kappa shape index (κ1) is 14.7. The predicted molar refractivity (Wildman–Crippen MR) is 68.9 cm³/mol. The van der Waals surface area contributed by atoms with E-state index in [9.17, 15) is 13.2 Å². The summed E-state index contributed by atoms with van der Waals surface area (Å²) in [6.45, 7) is -0.131. The van der Waals surface area contributed by atoms with Gasteiger partial charge < -0.3 is 11.1 Å². The molecule has 20 heavy (non-hydrogen) atoms. The first-order valence-corrected chi connectivity index (χ1v) is 6.52. The van der Waals surface area contributed by atoms with Crippen LogP contribution in [0, 0.1) is 0 Å². The number of hydrogen-bond acceptors (Lipinski definition) is 2. The van der Waals surface area contributed by atoms with Crippen molar-refractivity contribution in [3.05, 3.63) is 17.5 Å². The number of nitrogens with zero attached hydrogens (tertiary/aromatic N) is 3.